The van der Waals surface area contributed by atoms with Gasteiger partial charge in [-0.15, -0.1) is 11.3 Å². The van der Waals surface area contributed by atoms with Gasteiger partial charge in [0.05, 0.1) is 20.3 Å². The first-order valence-electron chi connectivity index (χ1n) is 6.08. The lowest BCUT2D eigenvalue weighted by Gasteiger charge is -2.14. The smallest absolute Gasteiger partial charge is 0.127 e. The molecule has 0 bridgehead atoms. The van der Waals surface area contributed by atoms with E-state index in [4.69, 9.17) is 9.47 Å². The van der Waals surface area contributed by atoms with E-state index in [0.717, 1.165) is 28.6 Å². The highest BCUT2D eigenvalue weighted by Crippen LogP contribution is 2.25. The largest absolute Gasteiger partial charge is 0.497 e. The van der Waals surface area contributed by atoms with Crippen molar-refractivity contribution in [2.24, 2.45) is 0 Å². The van der Waals surface area contributed by atoms with E-state index in [2.05, 4.69) is 17.2 Å². The van der Waals surface area contributed by atoms with Gasteiger partial charge in [0.15, 0.2) is 0 Å². The van der Waals surface area contributed by atoms with Crippen LogP contribution in [0.2, 0.25) is 0 Å². The summed E-state index contributed by atoms with van der Waals surface area (Å²) in [4.78, 5) is 4.30. The summed E-state index contributed by atoms with van der Waals surface area (Å²) >= 11 is 1.66. The molecule has 1 unspecified atom stereocenters. The zero-order chi connectivity index (χ0) is 13.7. The van der Waals surface area contributed by atoms with E-state index < -0.39 is 0 Å². The standard InChI is InChI=1S/C14H18N2O2S/c1-10(14-15-6-7-19-14)16-9-11-4-5-12(17-2)8-13(11)18-3/h4-8,10,16H,9H2,1-3H3. The van der Waals surface area contributed by atoms with Gasteiger partial charge in [-0.05, 0) is 13.0 Å². The number of benzene rings is 1. The van der Waals surface area contributed by atoms with Crippen LogP contribution in [0, 0.1) is 0 Å². The Hall–Kier alpha value is -1.59. The van der Waals surface area contributed by atoms with E-state index in [0.29, 0.717) is 0 Å². The lowest BCUT2D eigenvalue weighted by atomic mass is 10.2. The highest BCUT2D eigenvalue weighted by molar-refractivity contribution is 7.09. The van der Waals surface area contributed by atoms with Crippen molar-refractivity contribution >= 4 is 11.3 Å². The van der Waals surface area contributed by atoms with E-state index in [9.17, 15) is 0 Å². The van der Waals surface area contributed by atoms with E-state index >= 15 is 0 Å². The highest BCUT2D eigenvalue weighted by atomic mass is 32.1. The third-order valence-electron chi connectivity index (χ3n) is 2.91. The van der Waals surface area contributed by atoms with Crippen LogP contribution in [0.5, 0.6) is 11.5 Å². The topological polar surface area (TPSA) is 43.4 Å². The summed E-state index contributed by atoms with van der Waals surface area (Å²) in [6.45, 7) is 2.84. The molecule has 0 aliphatic heterocycles. The number of aromatic nitrogens is 1. The molecule has 0 amide bonds. The van der Waals surface area contributed by atoms with Crippen LogP contribution in [-0.4, -0.2) is 19.2 Å². The number of nitrogens with zero attached hydrogens (tertiary/aromatic N) is 1. The van der Waals surface area contributed by atoms with Gasteiger partial charge in [0.2, 0.25) is 0 Å². The van der Waals surface area contributed by atoms with Crippen LogP contribution in [-0.2, 0) is 6.54 Å². The quantitative estimate of drug-likeness (QED) is 0.882. The van der Waals surface area contributed by atoms with Crippen LogP contribution in [0.4, 0.5) is 0 Å². The molecule has 0 saturated carbocycles. The third kappa shape index (κ3) is 3.45. The van der Waals surface area contributed by atoms with Crippen LogP contribution in [0.25, 0.3) is 0 Å². The van der Waals surface area contributed by atoms with Gasteiger partial charge in [-0.3, -0.25) is 0 Å². The number of rotatable bonds is 6. The molecule has 0 aliphatic rings. The van der Waals surface area contributed by atoms with E-state index in [-0.39, 0.29) is 6.04 Å². The fourth-order valence-corrected chi connectivity index (χ4v) is 2.47. The molecule has 2 rings (SSSR count). The maximum absolute atomic E-state index is 5.38. The minimum absolute atomic E-state index is 0.229. The van der Waals surface area contributed by atoms with Crippen LogP contribution in [0.1, 0.15) is 23.5 Å². The van der Waals surface area contributed by atoms with Crippen LogP contribution in [0.3, 0.4) is 0 Å². The van der Waals surface area contributed by atoms with E-state index in [1.54, 1.807) is 25.6 Å². The predicted molar refractivity (Wildman–Crippen MR) is 76.9 cm³/mol. The Kier molecular flexibility index (Phi) is 4.76. The molecule has 19 heavy (non-hydrogen) atoms. The van der Waals surface area contributed by atoms with Gasteiger partial charge in [-0.25, -0.2) is 4.98 Å². The van der Waals surface area contributed by atoms with Crippen molar-refractivity contribution < 1.29 is 9.47 Å². The molecule has 0 saturated heterocycles. The van der Waals surface area contributed by atoms with Gasteiger partial charge >= 0.3 is 0 Å². The molecule has 2 aromatic rings. The number of thiazole rings is 1. The van der Waals surface area contributed by atoms with Crippen LogP contribution in [0.15, 0.2) is 29.8 Å². The average Bonchev–Trinajstić information content (AvgIpc) is 2.98. The van der Waals surface area contributed by atoms with Gasteiger partial charge in [0.1, 0.15) is 16.5 Å². The summed E-state index contributed by atoms with van der Waals surface area (Å²) in [5, 5.41) is 6.52. The molecule has 1 heterocycles. The highest BCUT2D eigenvalue weighted by Gasteiger charge is 2.10. The first-order chi connectivity index (χ1) is 9.24. The van der Waals surface area contributed by atoms with Crippen LogP contribution < -0.4 is 14.8 Å². The maximum Gasteiger partial charge on any atom is 0.127 e. The summed E-state index contributed by atoms with van der Waals surface area (Å²) in [7, 11) is 3.32. The normalized spacial score (nSPS) is 12.2. The Morgan fingerprint density at radius 1 is 1.32 bits per heavy atom. The molecule has 0 fully saturated rings. The molecule has 1 N–H and O–H groups in total. The lowest BCUT2D eigenvalue weighted by molar-refractivity contribution is 0.389. The molecule has 0 radical (unpaired) electrons. The van der Waals surface area contributed by atoms with Crippen molar-refractivity contribution in [3.05, 3.63) is 40.3 Å². The molecule has 1 atom stereocenters. The molecule has 5 heteroatoms. The molecular weight excluding hydrogens is 260 g/mol. The molecule has 1 aromatic carbocycles. The summed E-state index contributed by atoms with van der Waals surface area (Å²) in [5.41, 5.74) is 1.10. The Morgan fingerprint density at radius 3 is 2.79 bits per heavy atom. The van der Waals surface area contributed by atoms with Crippen molar-refractivity contribution in [1.82, 2.24) is 10.3 Å². The summed E-state index contributed by atoms with van der Waals surface area (Å²) < 4.78 is 10.6. The third-order valence-corrected chi connectivity index (χ3v) is 3.87. The Morgan fingerprint density at radius 2 is 2.16 bits per heavy atom. The van der Waals surface area contributed by atoms with Crippen molar-refractivity contribution in [2.75, 3.05) is 14.2 Å². The Labute approximate surface area is 117 Å². The Balaban J connectivity index is 2.03. The minimum atomic E-state index is 0.229. The van der Waals surface area contributed by atoms with Crippen molar-refractivity contribution in [1.29, 1.82) is 0 Å². The summed E-state index contributed by atoms with van der Waals surface area (Å²) in [6.07, 6.45) is 1.83. The van der Waals surface area contributed by atoms with E-state index in [1.165, 1.54) is 0 Å². The molecule has 0 aliphatic carbocycles. The fourth-order valence-electron chi connectivity index (χ4n) is 1.80. The fraction of sp³-hybridized carbons (Fsp3) is 0.357. The van der Waals surface area contributed by atoms with Crippen molar-refractivity contribution in [2.45, 2.75) is 19.5 Å². The predicted octanol–water partition coefficient (Wildman–Crippen LogP) is 3.01. The van der Waals surface area contributed by atoms with Crippen molar-refractivity contribution in [3.63, 3.8) is 0 Å². The Bertz CT molecular complexity index is 514. The van der Waals surface area contributed by atoms with Gasteiger partial charge in [0.25, 0.3) is 0 Å². The first-order valence-corrected chi connectivity index (χ1v) is 6.96. The van der Waals surface area contributed by atoms with Gasteiger partial charge in [0, 0.05) is 29.8 Å². The second-order valence-corrected chi connectivity index (χ2v) is 5.08. The van der Waals surface area contributed by atoms with Gasteiger partial charge in [-0.2, -0.15) is 0 Å². The number of ether oxygens (including phenoxy) is 2. The summed E-state index contributed by atoms with van der Waals surface area (Å²) in [5.74, 6) is 1.63. The number of nitrogens with one attached hydrogen (secondary N) is 1. The molecule has 1 aromatic heterocycles. The molecule has 4 nitrogen and oxygen atoms in total. The van der Waals surface area contributed by atoms with E-state index in [1.807, 2.05) is 29.8 Å². The van der Waals surface area contributed by atoms with Crippen LogP contribution >= 0.6 is 11.3 Å². The van der Waals surface area contributed by atoms with Gasteiger partial charge in [-0.1, -0.05) is 6.07 Å². The first kappa shape index (κ1) is 13.8. The second-order valence-electron chi connectivity index (χ2n) is 4.15. The molecule has 102 valence electrons. The monoisotopic (exact) mass is 278 g/mol. The van der Waals surface area contributed by atoms with Crippen molar-refractivity contribution in [3.8, 4) is 11.5 Å². The number of hydrogen-bond acceptors (Lipinski definition) is 5. The minimum Gasteiger partial charge on any atom is -0.497 e. The van der Waals surface area contributed by atoms with Gasteiger partial charge < -0.3 is 14.8 Å². The molecule has 0 spiro atoms. The average molecular weight is 278 g/mol. The SMILES string of the molecule is COc1ccc(CNC(C)c2nccs2)c(OC)c1. The zero-order valence-corrected chi connectivity index (χ0v) is 12.2. The lowest BCUT2D eigenvalue weighted by Crippen LogP contribution is -2.18. The molecular formula is C14H18N2O2S. The maximum atomic E-state index is 5.38. The number of hydrogen-bond donors (Lipinski definition) is 1. The summed E-state index contributed by atoms with van der Waals surface area (Å²) in [6, 6.07) is 6.07. The second kappa shape index (κ2) is 6.54. The zero-order valence-electron chi connectivity index (χ0n) is 11.3. The number of methoxy groups -OCH3 is 2.